The van der Waals surface area contributed by atoms with Gasteiger partial charge in [-0.3, -0.25) is 9.80 Å². The topological polar surface area (TPSA) is 89.5 Å². The fourth-order valence-electron chi connectivity index (χ4n) is 9.07. The van der Waals surface area contributed by atoms with Gasteiger partial charge in [0.15, 0.2) is 12.6 Å². The van der Waals surface area contributed by atoms with Gasteiger partial charge in [0.2, 0.25) is 0 Å². The number of carbonyl (C=O) groups is 1. The number of piperazine rings is 1. The zero-order chi connectivity index (χ0) is 38.1. The molecule has 8 rings (SSSR count). The average molecular weight is 752 g/mol. The van der Waals surface area contributed by atoms with Crippen LogP contribution in [0.5, 0.6) is 11.8 Å². The number of anilines is 1. The Morgan fingerprint density at radius 1 is 1.00 bits per heavy atom. The Morgan fingerprint density at radius 3 is 2.48 bits per heavy atom. The molecule has 54 heavy (non-hydrogen) atoms. The summed E-state index contributed by atoms with van der Waals surface area (Å²) < 4.78 is 87.3. The Kier molecular flexibility index (Phi) is 9.27. The SMILES string of the molecule is COCOc1cc(-c2c(F)c(C)c3c(N4CC5CCC(C4)N5C(=O)OC(C)(C)C)nc(OC[C@@]45CCCN4C[C@H](F)C5)nc3c2F)c2c(F)cccc2c1. The lowest BCUT2D eigenvalue weighted by atomic mass is 9.93. The van der Waals surface area contributed by atoms with Gasteiger partial charge in [0, 0.05) is 44.1 Å². The zero-order valence-electron chi connectivity index (χ0n) is 31.2. The molecule has 1 amide bonds. The maximum absolute atomic E-state index is 17.3. The number of carbonyl (C=O) groups excluding carboxylic acids is 1. The van der Waals surface area contributed by atoms with Gasteiger partial charge in [-0.15, -0.1) is 0 Å². The fourth-order valence-corrected chi connectivity index (χ4v) is 9.07. The number of alkyl halides is 1. The third kappa shape index (κ3) is 6.34. The number of nitrogens with zero attached hydrogens (tertiary/aromatic N) is 5. The van der Waals surface area contributed by atoms with Crippen molar-refractivity contribution in [2.24, 2.45) is 0 Å². The first-order valence-electron chi connectivity index (χ1n) is 18.6. The van der Waals surface area contributed by atoms with Gasteiger partial charge in [-0.1, -0.05) is 12.1 Å². The molecule has 14 heteroatoms. The molecule has 3 aromatic carbocycles. The lowest BCUT2D eigenvalue weighted by Crippen LogP contribution is -2.57. The van der Waals surface area contributed by atoms with Crippen LogP contribution in [0.15, 0.2) is 30.3 Å². The molecule has 4 aliphatic heterocycles. The van der Waals surface area contributed by atoms with Gasteiger partial charge < -0.3 is 23.8 Å². The van der Waals surface area contributed by atoms with Crippen molar-refractivity contribution in [3.63, 3.8) is 0 Å². The summed E-state index contributed by atoms with van der Waals surface area (Å²) in [5, 5.41) is 0.541. The van der Waals surface area contributed by atoms with Crippen LogP contribution in [0.2, 0.25) is 0 Å². The first kappa shape index (κ1) is 36.5. The second-order valence-electron chi connectivity index (χ2n) is 16.1. The second kappa shape index (κ2) is 13.7. The molecule has 5 heterocycles. The molecular weight excluding hydrogens is 706 g/mol. The van der Waals surface area contributed by atoms with E-state index in [-0.39, 0.29) is 70.5 Å². The first-order valence-corrected chi connectivity index (χ1v) is 18.6. The number of ether oxygens (including phenoxy) is 4. The minimum atomic E-state index is -1.02. The number of hydrogen-bond acceptors (Lipinski definition) is 9. The Labute approximate surface area is 311 Å². The molecule has 0 radical (unpaired) electrons. The minimum absolute atomic E-state index is 0.0156. The summed E-state index contributed by atoms with van der Waals surface area (Å²) in [4.78, 5) is 28.5. The van der Waals surface area contributed by atoms with Crippen LogP contribution in [0, 0.1) is 24.4 Å². The van der Waals surface area contributed by atoms with Gasteiger partial charge in [0.05, 0.1) is 28.6 Å². The van der Waals surface area contributed by atoms with Gasteiger partial charge in [-0.2, -0.15) is 9.97 Å². The first-order chi connectivity index (χ1) is 25.8. The highest BCUT2D eigenvalue weighted by atomic mass is 19.1. The molecule has 1 aromatic heterocycles. The van der Waals surface area contributed by atoms with Gasteiger partial charge in [0.1, 0.15) is 47.1 Å². The van der Waals surface area contributed by atoms with E-state index in [0.717, 1.165) is 32.2 Å². The maximum atomic E-state index is 17.3. The van der Waals surface area contributed by atoms with Crippen LogP contribution in [0.4, 0.5) is 28.2 Å². The van der Waals surface area contributed by atoms with Gasteiger partial charge in [0.25, 0.3) is 0 Å². The number of fused-ring (bicyclic) bond motifs is 5. The Hall–Kier alpha value is -4.43. The van der Waals surface area contributed by atoms with Crippen LogP contribution in [0.3, 0.4) is 0 Å². The fraction of sp³-hybridized carbons (Fsp3) is 0.525. The van der Waals surface area contributed by atoms with Crippen LogP contribution >= 0.6 is 0 Å². The van der Waals surface area contributed by atoms with E-state index in [1.54, 1.807) is 17.0 Å². The summed E-state index contributed by atoms with van der Waals surface area (Å²) in [6.45, 7) is 8.70. The Balaban J connectivity index is 1.27. The number of aromatic nitrogens is 2. The van der Waals surface area contributed by atoms with Gasteiger partial charge >= 0.3 is 12.1 Å². The summed E-state index contributed by atoms with van der Waals surface area (Å²) in [6.07, 6.45) is 2.02. The molecule has 4 saturated heterocycles. The predicted octanol–water partition coefficient (Wildman–Crippen LogP) is 7.70. The van der Waals surface area contributed by atoms with Crippen molar-refractivity contribution in [3.05, 3.63) is 53.3 Å². The van der Waals surface area contributed by atoms with Crippen molar-refractivity contribution in [1.82, 2.24) is 19.8 Å². The van der Waals surface area contributed by atoms with E-state index in [2.05, 4.69) is 9.88 Å². The van der Waals surface area contributed by atoms with Crippen LogP contribution in [0.1, 0.15) is 58.4 Å². The van der Waals surface area contributed by atoms with E-state index in [1.807, 2.05) is 25.7 Å². The standard InChI is InChI=1S/C40H45F4N5O5/c1-22-30-35(34(44)32(33(22)43)28-15-27(53-21-51-5)14-23-8-6-9-29(42)31(23)28)45-37(52-20-40-12-7-13-48(40)17-24(41)16-40)46-36(30)47-18-25-10-11-26(19-47)49(25)38(50)54-39(2,3)4/h6,8-9,14-15,24-26H,7,10-13,16-21H2,1-5H3/t24-,25?,26?,40+/m1/s1. The number of benzene rings is 3. The molecule has 288 valence electrons. The van der Waals surface area contributed by atoms with Crippen LogP contribution in [-0.2, 0) is 9.47 Å². The number of rotatable bonds is 8. The Morgan fingerprint density at radius 2 is 1.76 bits per heavy atom. The molecule has 0 saturated carbocycles. The highest BCUT2D eigenvalue weighted by Gasteiger charge is 2.50. The molecule has 4 atom stereocenters. The molecular formula is C40H45F4N5O5. The van der Waals surface area contributed by atoms with E-state index in [1.165, 1.54) is 32.2 Å². The van der Waals surface area contributed by atoms with Crippen molar-refractivity contribution in [1.29, 1.82) is 0 Å². The lowest BCUT2D eigenvalue weighted by Gasteiger charge is -2.42. The monoisotopic (exact) mass is 751 g/mol. The van der Waals surface area contributed by atoms with E-state index < -0.39 is 46.4 Å². The number of methoxy groups -OCH3 is 1. The van der Waals surface area contributed by atoms with Crippen molar-refractivity contribution in [2.75, 3.05) is 51.6 Å². The van der Waals surface area contributed by atoms with E-state index in [4.69, 9.17) is 23.9 Å². The molecule has 0 aliphatic carbocycles. The summed E-state index contributed by atoms with van der Waals surface area (Å²) in [7, 11) is 1.44. The quantitative estimate of drug-likeness (QED) is 0.133. The number of aryl methyl sites for hydroxylation is 1. The molecule has 2 unspecified atom stereocenters. The molecule has 0 N–H and O–H groups in total. The average Bonchev–Trinajstić information content (AvgIpc) is 3.74. The number of hydrogen-bond donors (Lipinski definition) is 0. The van der Waals surface area contributed by atoms with Crippen molar-refractivity contribution in [3.8, 4) is 22.9 Å². The Bertz CT molecular complexity index is 2120. The molecule has 4 fully saturated rings. The third-order valence-corrected chi connectivity index (χ3v) is 11.3. The normalized spacial score (nSPS) is 24.1. The van der Waals surface area contributed by atoms with E-state index in [0.29, 0.717) is 31.4 Å². The van der Waals surface area contributed by atoms with Crippen molar-refractivity contribution < 1.29 is 41.3 Å². The zero-order valence-corrected chi connectivity index (χ0v) is 31.2. The van der Waals surface area contributed by atoms with E-state index >= 15 is 13.2 Å². The molecule has 4 aromatic rings. The van der Waals surface area contributed by atoms with Crippen molar-refractivity contribution in [2.45, 2.75) is 89.2 Å². The number of halogens is 4. The predicted molar refractivity (Wildman–Crippen MR) is 195 cm³/mol. The largest absolute Gasteiger partial charge is 0.468 e. The smallest absolute Gasteiger partial charge is 0.410 e. The van der Waals surface area contributed by atoms with Crippen LogP contribution in [-0.4, -0.2) is 102 Å². The second-order valence-corrected chi connectivity index (χ2v) is 16.1. The van der Waals surface area contributed by atoms with Gasteiger partial charge in [-0.25, -0.2) is 22.4 Å². The third-order valence-electron chi connectivity index (χ3n) is 11.3. The van der Waals surface area contributed by atoms with Crippen LogP contribution < -0.4 is 14.4 Å². The molecule has 2 bridgehead atoms. The molecule has 0 spiro atoms. The molecule has 10 nitrogen and oxygen atoms in total. The lowest BCUT2D eigenvalue weighted by molar-refractivity contribution is 0.0122. The summed E-state index contributed by atoms with van der Waals surface area (Å²) >= 11 is 0. The highest BCUT2D eigenvalue weighted by molar-refractivity contribution is 6.03. The van der Waals surface area contributed by atoms with Crippen molar-refractivity contribution >= 4 is 33.6 Å². The minimum Gasteiger partial charge on any atom is -0.468 e. The van der Waals surface area contributed by atoms with E-state index in [9.17, 15) is 9.18 Å². The number of amides is 1. The summed E-state index contributed by atoms with van der Waals surface area (Å²) in [6, 6.07) is 6.78. The summed E-state index contributed by atoms with van der Waals surface area (Å²) in [5.41, 5.74) is -1.86. The van der Waals surface area contributed by atoms with Crippen LogP contribution in [0.25, 0.3) is 32.8 Å². The maximum Gasteiger partial charge on any atom is 0.410 e. The molecule has 4 aliphatic rings. The van der Waals surface area contributed by atoms with Gasteiger partial charge in [-0.05, 0) is 89.1 Å². The highest BCUT2D eigenvalue weighted by Crippen LogP contribution is 2.45. The summed E-state index contributed by atoms with van der Waals surface area (Å²) in [5.74, 6) is -2.08.